The third kappa shape index (κ3) is 3.90. The highest BCUT2D eigenvalue weighted by atomic mass is 19.1. The van der Waals surface area contributed by atoms with Crippen molar-refractivity contribution in [1.82, 2.24) is 29.3 Å². The SMILES string of the molecule is COc1nc(/C=C/c2nc3n(n2)CCO[C@@H]3c2ccc(F)cc2)ccc1-n1cnc(C)c1. The maximum atomic E-state index is 13.3. The molecule has 3 aromatic heterocycles. The fourth-order valence-electron chi connectivity index (χ4n) is 3.62. The molecule has 0 saturated carbocycles. The van der Waals surface area contributed by atoms with Crippen molar-refractivity contribution in [3.05, 3.63) is 83.3 Å². The molecule has 4 heterocycles. The van der Waals surface area contributed by atoms with Crippen LogP contribution in [0.1, 0.15) is 34.7 Å². The Balaban J connectivity index is 1.40. The highest BCUT2D eigenvalue weighted by Crippen LogP contribution is 2.28. The second-order valence-electron chi connectivity index (χ2n) is 7.37. The molecule has 0 radical (unpaired) electrons. The molecule has 0 bridgehead atoms. The van der Waals surface area contributed by atoms with E-state index < -0.39 is 0 Å². The fraction of sp³-hybridized carbons (Fsp3) is 0.217. The first kappa shape index (κ1) is 20.1. The van der Waals surface area contributed by atoms with Crippen molar-refractivity contribution in [2.24, 2.45) is 0 Å². The van der Waals surface area contributed by atoms with Crippen LogP contribution in [-0.2, 0) is 11.3 Å². The number of aryl methyl sites for hydroxylation is 1. The van der Waals surface area contributed by atoms with Crippen LogP contribution in [0.5, 0.6) is 5.88 Å². The van der Waals surface area contributed by atoms with E-state index in [0.717, 1.165) is 16.9 Å². The number of aromatic nitrogens is 6. The van der Waals surface area contributed by atoms with Gasteiger partial charge in [-0.05, 0) is 48.9 Å². The molecule has 1 aliphatic heterocycles. The lowest BCUT2D eigenvalue weighted by Crippen LogP contribution is -2.23. The zero-order chi connectivity index (χ0) is 22.1. The highest BCUT2D eigenvalue weighted by molar-refractivity contribution is 5.65. The molecule has 4 aromatic rings. The summed E-state index contributed by atoms with van der Waals surface area (Å²) in [6.07, 6.45) is 6.89. The van der Waals surface area contributed by atoms with Crippen LogP contribution in [0, 0.1) is 12.7 Å². The van der Waals surface area contributed by atoms with Crippen LogP contribution in [0.3, 0.4) is 0 Å². The van der Waals surface area contributed by atoms with Gasteiger partial charge >= 0.3 is 0 Å². The summed E-state index contributed by atoms with van der Waals surface area (Å²) in [6.45, 7) is 3.05. The summed E-state index contributed by atoms with van der Waals surface area (Å²) in [5, 5.41) is 4.56. The highest BCUT2D eigenvalue weighted by Gasteiger charge is 2.26. The molecule has 0 fully saturated rings. The average molecular weight is 432 g/mol. The van der Waals surface area contributed by atoms with Crippen molar-refractivity contribution < 1.29 is 13.9 Å². The number of fused-ring (bicyclic) bond motifs is 1. The minimum atomic E-state index is -0.380. The van der Waals surface area contributed by atoms with Gasteiger partial charge in [0.15, 0.2) is 11.6 Å². The second kappa shape index (κ2) is 8.35. The van der Waals surface area contributed by atoms with Crippen LogP contribution in [0.15, 0.2) is 48.9 Å². The van der Waals surface area contributed by atoms with E-state index in [-0.39, 0.29) is 11.9 Å². The first-order valence-corrected chi connectivity index (χ1v) is 10.2. The van der Waals surface area contributed by atoms with Gasteiger partial charge in [0.2, 0.25) is 5.88 Å². The smallest absolute Gasteiger partial charge is 0.238 e. The Morgan fingerprint density at radius 2 is 1.97 bits per heavy atom. The Morgan fingerprint density at radius 3 is 2.72 bits per heavy atom. The molecule has 1 aliphatic rings. The zero-order valence-corrected chi connectivity index (χ0v) is 17.6. The van der Waals surface area contributed by atoms with Crippen LogP contribution in [0.4, 0.5) is 4.39 Å². The van der Waals surface area contributed by atoms with Crippen molar-refractivity contribution in [1.29, 1.82) is 0 Å². The van der Waals surface area contributed by atoms with Crippen LogP contribution in [0.25, 0.3) is 17.8 Å². The zero-order valence-electron chi connectivity index (χ0n) is 17.6. The van der Waals surface area contributed by atoms with Gasteiger partial charge in [0.1, 0.15) is 17.6 Å². The van der Waals surface area contributed by atoms with Gasteiger partial charge in [0, 0.05) is 6.20 Å². The van der Waals surface area contributed by atoms with E-state index in [9.17, 15) is 4.39 Å². The Morgan fingerprint density at radius 1 is 1.12 bits per heavy atom. The lowest BCUT2D eigenvalue weighted by Gasteiger charge is -2.23. The van der Waals surface area contributed by atoms with E-state index in [1.807, 2.05) is 40.6 Å². The van der Waals surface area contributed by atoms with E-state index in [0.29, 0.717) is 36.4 Å². The van der Waals surface area contributed by atoms with E-state index in [2.05, 4.69) is 20.1 Å². The number of imidazole rings is 1. The van der Waals surface area contributed by atoms with E-state index in [4.69, 9.17) is 9.47 Å². The molecule has 0 amide bonds. The van der Waals surface area contributed by atoms with Gasteiger partial charge in [0.25, 0.3) is 0 Å². The minimum absolute atomic E-state index is 0.285. The van der Waals surface area contributed by atoms with Crippen molar-refractivity contribution in [2.75, 3.05) is 13.7 Å². The number of hydrogen-bond acceptors (Lipinski definition) is 6. The third-order valence-corrected chi connectivity index (χ3v) is 5.16. The van der Waals surface area contributed by atoms with Gasteiger partial charge in [-0.15, -0.1) is 0 Å². The molecule has 0 aliphatic carbocycles. The van der Waals surface area contributed by atoms with E-state index >= 15 is 0 Å². The average Bonchev–Trinajstić information content (AvgIpc) is 3.43. The molecule has 1 atom stereocenters. The third-order valence-electron chi connectivity index (χ3n) is 5.16. The quantitative estimate of drug-likeness (QED) is 0.479. The van der Waals surface area contributed by atoms with Crippen molar-refractivity contribution in [2.45, 2.75) is 19.6 Å². The molecule has 9 heteroatoms. The lowest BCUT2D eigenvalue weighted by atomic mass is 10.1. The van der Waals surface area contributed by atoms with E-state index in [1.54, 1.807) is 31.6 Å². The molecule has 32 heavy (non-hydrogen) atoms. The van der Waals surface area contributed by atoms with Crippen molar-refractivity contribution in [3.8, 4) is 11.6 Å². The summed E-state index contributed by atoms with van der Waals surface area (Å²) < 4.78 is 28.3. The van der Waals surface area contributed by atoms with Crippen LogP contribution >= 0.6 is 0 Å². The Bertz CT molecular complexity index is 1280. The molecular weight excluding hydrogens is 411 g/mol. The van der Waals surface area contributed by atoms with Gasteiger partial charge < -0.3 is 14.0 Å². The minimum Gasteiger partial charge on any atom is -0.479 e. The number of nitrogens with zero attached hydrogens (tertiary/aromatic N) is 6. The topological polar surface area (TPSA) is 79.9 Å². The summed E-state index contributed by atoms with van der Waals surface area (Å²) in [7, 11) is 1.59. The van der Waals surface area contributed by atoms with Crippen LogP contribution in [0.2, 0.25) is 0 Å². The van der Waals surface area contributed by atoms with Crippen LogP contribution < -0.4 is 4.74 Å². The first-order valence-electron chi connectivity index (χ1n) is 10.2. The molecular formula is C23H21FN6O2. The maximum Gasteiger partial charge on any atom is 0.238 e. The summed E-state index contributed by atoms with van der Waals surface area (Å²) in [6, 6.07) is 10.1. The summed E-state index contributed by atoms with van der Waals surface area (Å²) in [5.41, 5.74) is 3.27. The predicted molar refractivity (Wildman–Crippen MR) is 116 cm³/mol. The predicted octanol–water partition coefficient (Wildman–Crippen LogP) is 3.60. The van der Waals surface area contributed by atoms with Gasteiger partial charge in [-0.3, -0.25) is 0 Å². The normalized spacial score (nSPS) is 15.8. The number of pyridine rings is 1. The van der Waals surface area contributed by atoms with Gasteiger partial charge in [0.05, 0.1) is 38.0 Å². The molecule has 1 aromatic carbocycles. The molecule has 8 nitrogen and oxygen atoms in total. The number of benzene rings is 1. The lowest BCUT2D eigenvalue weighted by molar-refractivity contribution is 0.0389. The van der Waals surface area contributed by atoms with Gasteiger partial charge in [-0.1, -0.05) is 12.1 Å². The van der Waals surface area contributed by atoms with E-state index in [1.165, 1.54) is 12.1 Å². The molecule has 0 spiro atoms. The first-order chi connectivity index (χ1) is 15.6. The Labute approximate surface area is 184 Å². The molecule has 0 N–H and O–H groups in total. The Hall–Kier alpha value is -3.85. The number of rotatable bonds is 5. The largest absolute Gasteiger partial charge is 0.479 e. The summed E-state index contributed by atoms with van der Waals surface area (Å²) >= 11 is 0. The maximum absolute atomic E-state index is 13.3. The molecule has 162 valence electrons. The monoisotopic (exact) mass is 432 g/mol. The summed E-state index contributed by atoms with van der Waals surface area (Å²) in [5.74, 6) is 1.45. The second-order valence-corrected chi connectivity index (χ2v) is 7.37. The standard InChI is InChI=1S/C23H21FN6O2/c1-15-13-29(14-25-15)19-9-7-18(26-23(19)31-2)8-10-20-27-22-21(32-12-11-30(22)28-20)16-3-5-17(24)6-4-16/h3-10,13-14,21H,11-12H2,1-2H3/b10-8+/t21-/m1/s1. The van der Waals surface area contributed by atoms with Gasteiger partial charge in [-0.2, -0.15) is 5.10 Å². The number of ether oxygens (including phenoxy) is 2. The van der Waals surface area contributed by atoms with Crippen LogP contribution in [-0.4, -0.2) is 43.0 Å². The fourth-order valence-corrected chi connectivity index (χ4v) is 3.62. The number of methoxy groups -OCH3 is 1. The number of halogens is 1. The summed E-state index contributed by atoms with van der Waals surface area (Å²) in [4.78, 5) is 13.4. The molecule has 0 unspecified atom stereocenters. The van der Waals surface area contributed by atoms with Gasteiger partial charge in [-0.25, -0.2) is 24.0 Å². The van der Waals surface area contributed by atoms with Crippen molar-refractivity contribution in [3.63, 3.8) is 0 Å². The molecule has 5 rings (SSSR count). The Kier molecular flexibility index (Phi) is 5.24. The van der Waals surface area contributed by atoms with Crippen molar-refractivity contribution >= 4 is 12.2 Å². The number of hydrogen-bond donors (Lipinski definition) is 0. The molecule has 0 saturated heterocycles.